The number of aromatic nitrogens is 6. The molecule has 1 N–H and O–H groups in total. The van der Waals surface area contributed by atoms with Crippen LogP contribution in [0.25, 0.3) is 11.2 Å². The minimum Gasteiger partial charge on any atom is -0.462 e. The number of hydrogen-bond acceptors (Lipinski definition) is 10. The predicted molar refractivity (Wildman–Crippen MR) is 154 cm³/mol. The molecule has 14 heteroatoms. The molecule has 3 aromatic rings. The second-order valence-electron chi connectivity index (χ2n) is 12.1. The minimum absolute atomic E-state index is 0.00291. The maximum Gasteiger partial charge on any atom is 0.343 e. The normalized spacial score (nSPS) is 26.8. The molecule has 4 fully saturated rings. The van der Waals surface area contributed by atoms with Gasteiger partial charge in [-0.15, -0.1) is 0 Å². The van der Waals surface area contributed by atoms with Crippen molar-refractivity contribution < 1.29 is 19.0 Å². The molecule has 3 aromatic heterocycles. The molecule has 6 heterocycles. The van der Waals surface area contributed by atoms with Gasteiger partial charge in [0.15, 0.2) is 5.65 Å². The molecule has 7 rings (SSSR count). The summed E-state index contributed by atoms with van der Waals surface area (Å²) in [5.41, 5.74) is 1.75. The third kappa shape index (κ3) is 5.06. The number of nitrogens with zero attached hydrogens (tertiary/aromatic N) is 6. The zero-order valence-corrected chi connectivity index (χ0v) is 24.8. The van der Waals surface area contributed by atoms with Crippen molar-refractivity contribution >= 4 is 46.2 Å². The Hall–Kier alpha value is -2.80. The van der Waals surface area contributed by atoms with Crippen LogP contribution in [0.2, 0.25) is 10.6 Å². The van der Waals surface area contributed by atoms with Gasteiger partial charge in [-0.3, -0.25) is 9.13 Å². The number of ether oxygens (including phenoxy) is 3. The molecule has 0 amide bonds. The Balaban J connectivity index is 1.11. The molecule has 1 spiro atoms. The quantitative estimate of drug-likeness (QED) is 0.305. The van der Waals surface area contributed by atoms with Gasteiger partial charge < -0.3 is 19.5 Å². The molecule has 4 unspecified atom stereocenters. The average Bonchev–Trinajstić information content (AvgIpc) is 3.38. The van der Waals surface area contributed by atoms with Crippen molar-refractivity contribution in [1.82, 2.24) is 29.1 Å². The van der Waals surface area contributed by atoms with E-state index >= 15 is 0 Å². The summed E-state index contributed by atoms with van der Waals surface area (Å²) in [7, 11) is 0. The summed E-state index contributed by atoms with van der Waals surface area (Å²) in [4.78, 5) is 43.4. The summed E-state index contributed by atoms with van der Waals surface area (Å²) in [5, 5.41) is 3.57. The van der Waals surface area contributed by atoms with E-state index in [1.165, 1.54) is 6.20 Å². The topological polar surface area (TPSA) is 135 Å². The largest absolute Gasteiger partial charge is 0.462 e. The van der Waals surface area contributed by atoms with Gasteiger partial charge in [-0.25, -0.2) is 19.6 Å². The van der Waals surface area contributed by atoms with E-state index in [-0.39, 0.29) is 64.1 Å². The number of halogens is 2. The fraction of sp³-hybridized carbons (Fsp3) is 0.643. The molecule has 4 atom stereocenters. The van der Waals surface area contributed by atoms with Gasteiger partial charge in [-0.05, 0) is 75.1 Å². The summed E-state index contributed by atoms with van der Waals surface area (Å²) < 4.78 is 20.7. The smallest absolute Gasteiger partial charge is 0.343 e. The van der Waals surface area contributed by atoms with Crippen molar-refractivity contribution in [2.45, 2.75) is 82.7 Å². The Morgan fingerprint density at radius 1 is 1.12 bits per heavy atom. The first kappa shape index (κ1) is 28.0. The summed E-state index contributed by atoms with van der Waals surface area (Å²) >= 11 is 12.3. The van der Waals surface area contributed by atoms with Crippen molar-refractivity contribution in [3.63, 3.8) is 0 Å². The number of fused-ring (bicyclic) bond motifs is 3. The predicted octanol–water partition coefficient (Wildman–Crippen LogP) is 4.05. The zero-order valence-electron chi connectivity index (χ0n) is 23.3. The zero-order chi connectivity index (χ0) is 29.0. The van der Waals surface area contributed by atoms with Gasteiger partial charge in [0.05, 0.1) is 38.2 Å². The molecular weight excluding hydrogens is 585 g/mol. The first-order valence-electron chi connectivity index (χ1n) is 14.6. The lowest BCUT2D eigenvalue weighted by molar-refractivity contribution is -0.135. The van der Waals surface area contributed by atoms with E-state index in [2.05, 4.69) is 25.3 Å². The molecule has 42 heavy (non-hydrogen) atoms. The van der Waals surface area contributed by atoms with E-state index in [0.29, 0.717) is 29.9 Å². The number of carbonyl (C=O) groups excluding carboxylic acids is 1. The first-order valence-corrected chi connectivity index (χ1v) is 15.4. The van der Waals surface area contributed by atoms with Crippen molar-refractivity contribution in [2.24, 2.45) is 11.3 Å². The Labute approximate surface area is 252 Å². The lowest BCUT2D eigenvalue weighted by atomic mass is 9.71. The highest BCUT2D eigenvalue weighted by Crippen LogP contribution is 2.46. The van der Waals surface area contributed by atoms with Crippen molar-refractivity contribution in [3.05, 3.63) is 39.0 Å². The number of imidazole rings is 1. The number of esters is 1. The number of rotatable bonds is 7. The van der Waals surface area contributed by atoms with E-state index in [1.807, 2.05) is 9.13 Å². The summed E-state index contributed by atoms with van der Waals surface area (Å²) in [6.45, 7) is 4.13. The Kier molecular flexibility index (Phi) is 7.36. The first-order chi connectivity index (χ1) is 20.3. The summed E-state index contributed by atoms with van der Waals surface area (Å²) in [6, 6.07) is 0.0718. The third-order valence-electron chi connectivity index (χ3n) is 9.41. The molecule has 12 nitrogen and oxygen atoms in total. The van der Waals surface area contributed by atoms with Crippen LogP contribution in [0.4, 0.5) is 5.82 Å². The van der Waals surface area contributed by atoms with Gasteiger partial charge in [0.2, 0.25) is 10.6 Å². The molecule has 3 aliphatic heterocycles. The molecular formula is C28H33Cl2N7O5. The van der Waals surface area contributed by atoms with Gasteiger partial charge in [0, 0.05) is 36.2 Å². The van der Waals surface area contributed by atoms with Gasteiger partial charge in [0.1, 0.15) is 16.9 Å². The monoisotopic (exact) mass is 617 g/mol. The van der Waals surface area contributed by atoms with Crippen LogP contribution in [0.15, 0.2) is 17.2 Å². The van der Waals surface area contributed by atoms with Crippen LogP contribution in [0.3, 0.4) is 0 Å². The lowest BCUT2D eigenvalue weighted by Crippen LogP contribution is -2.46. The maximum absolute atomic E-state index is 14.0. The van der Waals surface area contributed by atoms with E-state index in [0.717, 1.165) is 51.7 Å². The number of hydrogen-bond donors (Lipinski definition) is 1. The van der Waals surface area contributed by atoms with Crippen molar-refractivity contribution in [1.29, 1.82) is 0 Å². The lowest BCUT2D eigenvalue weighted by Gasteiger charge is -2.46. The second-order valence-corrected chi connectivity index (χ2v) is 12.7. The van der Waals surface area contributed by atoms with Crippen LogP contribution in [0.1, 0.15) is 68.3 Å². The average molecular weight is 619 g/mol. The van der Waals surface area contributed by atoms with Crippen molar-refractivity contribution in [3.8, 4) is 0 Å². The molecule has 2 bridgehead atoms. The molecule has 1 saturated carbocycles. The maximum atomic E-state index is 14.0. The summed E-state index contributed by atoms with van der Waals surface area (Å²) in [5.74, 6) is -0.0290. The molecule has 224 valence electrons. The highest BCUT2D eigenvalue weighted by atomic mass is 35.5. The fourth-order valence-corrected chi connectivity index (χ4v) is 7.52. The van der Waals surface area contributed by atoms with Crippen LogP contribution in [-0.2, 0) is 20.8 Å². The van der Waals surface area contributed by atoms with E-state index < -0.39 is 5.97 Å². The molecule has 4 aliphatic rings. The van der Waals surface area contributed by atoms with E-state index in [1.54, 1.807) is 13.1 Å². The standard InChI is InChI=1S/C28H33Cl2N7O5/c1-2-41-24(38)19-10-31-25(29)34-22(19)33-16-8-18-7-15(21(9-16)42-18)12-36-20-11-32-26(30)35-23(20)37(27(36)39)17-3-5-28(6-4-17)13-40-14-28/h10-11,15-18,21H,2-9,12-14H2,1H3,(H,31,33,34). The van der Waals surface area contributed by atoms with Crippen LogP contribution in [-0.4, -0.2) is 73.1 Å². The van der Waals surface area contributed by atoms with Gasteiger partial charge >= 0.3 is 11.7 Å². The van der Waals surface area contributed by atoms with Crippen LogP contribution in [0, 0.1) is 11.3 Å². The highest BCUT2D eigenvalue weighted by Gasteiger charge is 2.44. The van der Waals surface area contributed by atoms with Gasteiger partial charge in [-0.2, -0.15) is 9.97 Å². The minimum atomic E-state index is -0.503. The van der Waals surface area contributed by atoms with Crippen LogP contribution >= 0.6 is 23.2 Å². The molecule has 0 radical (unpaired) electrons. The molecule has 0 aromatic carbocycles. The number of carbonyl (C=O) groups is 1. The number of nitrogens with one attached hydrogen (secondary N) is 1. The van der Waals surface area contributed by atoms with Crippen LogP contribution in [0.5, 0.6) is 0 Å². The van der Waals surface area contributed by atoms with E-state index in [4.69, 9.17) is 37.4 Å². The van der Waals surface area contributed by atoms with Gasteiger partial charge in [0.25, 0.3) is 0 Å². The van der Waals surface area contributed by atoms with Gasteiger partial charge in [-0.1, -0.05) is 0 Å². The fourth-order valence-electron chi connectivity index (χ4n) is 7.26. The Bertz CT molecular complexity index is 1560. The Morgan fingerprint density at radius 2 is 1.88 bits per heavy atom. The molecule has 3 saturated heterocycles. The third-order valence-corrected chi connectivity index (χ3v) is 9.77. The molecule has 1 aliphatic carbocycles. The van der Waals surface area contributed by atoms with E-state index in [9.17, 15) is 9.59 Å². The second kappa shape index (κ2) is 11.0. The number of anilines is 1. The SMILES string of the molecule is CCOC(=O)c1cnc(Cl)nc1NC1CC2CC(Cn3c(=O)n(C4CCC5(CC4)COC5)c4nc(Cl)ncc43)C(C1)O2. The Morgan fingerprint density at radius 3 is 2.62 bits per heavy atom. The summed E-state index contributed by atoms with van der Waals surface area (Å²) in [6.07, 6.45) is 9.14. The van der Waals surface area contributed by atoms with Crippen molar-refractivity contribution in [2.75, 3.05) is 25.1 Å². The van der Waals surface area contributed by atoms with Crippen LogP contribution < -0.4 is 11.0 Å². The highest BCUT2D eigenvalue weighted by molar-refractivity contribution is 6.28.